The summed E-state index contributed by atoms with van der Waals surface area (Å²) in [4.78, 5) is 18.1. The van der Waals surface area contributed by atoms with E-state index in [0.29, 0.717) is 30.2 Å². The van der Waals surface area contributed by atoms with E-state index in [1.165, 1.54) is 6.20 Å². The zero-order valence-electron chi connectivity index (χ0n) is 12.6. The smallest absolute Gasteiger partial charge is 0.341 e. The fraction of sp³-hybridized carbons (Fsp3) is 0.600. The first-order valence-corrected chi connectivity index (χ1v) is 7.31. The number of aromatic nitrogens is 1. The Morgan fingerprint density at radius 1 is 1.52 bits per heavy atom. The lowest BCUT2D eigenvalue weighted by atomic mass is 10.0. The third-order valence-electron chi connectivity index (χ3n) is 3.81. The molecule has 1 aromatic heterocycles. The standard InChI is InChI=1S/C15H23N3O3/c1-3-21-14(19)12-8-11(16)9-17-13(12)18(2)10-15(20)6-4-5-7-15/h8-9,20H,3-7,10,16H2,1-2H3. The second-order valence-corrected chi connectivity index (χ2v) is 5.65. The van der Waals surface area contributed by atoms with E-state index in [0.717, 1.165) is 25.7 Å². The first-order chi connectivity index (χ1) is 9.95. The average molecular weight is 293 g/mol. The zero-order chi connectivity index (χ0) is 15.5. The van der Waals surface area contributed by atoms with E-state index in [1.54, 1.807) is 17.9 Å². The topological polar surface area (TPSA) is 88.7 Å². The van der Waals surface area contributed by atoms with Gasteiger partial charge in [0.1, 0.15) is 11.4 Å². The van der Waals surface area contributed by atoms with Gasteiger partial charge in [0, 0.05) is 13.6 Å². The largest absolute Gasteiger partial charge is 0.462 e. The monoisotopic (exact) mass is 293 g/mol. The highest BCUT2D eigenvalue weighted by Gasteiger charge is 2.33. The van der Waals surface area contributed by atoms with Crippen LogP contribution in [0.25, 0.3) is 0 Å². The van der Waals surface area contributed by atoms with Gasteiger partial charge in [0.25, 0.3) is 0 Å². The van der Waals surface area contributed by atoms with Crippen molar-refractivity contribution >= 4 is 17.5 Å². The molecule has 0 aliphatic heterocycles. The number of nitrogens with two attached hydrogens (primary N) is 1. The molecule has 0 saturated heterocycles. The van der Waals surface area contributed by atoms with Crippen molar-refractivity contribution in [2.45, 2.75) is 38.2 Å². The van der Waals surface area contributed by atoms with Gasteiger partial charge >= 0.3 is 5.97 Å². The first kappa shape index (κ1) is 15.6. The summed E-state index contributed by atoms with van der Waals surface area (Å²) in [7, 11) is 1.82. The molecule has 0 unspecified atom stereocenters. The Balaban J connectivity index is 2.23. The molecule has 0 amide bonds. The molecular formula is C15H23N3O3. The van der Waals surface area contributed by atoms with Crippen molar-refractivity contribution in [1.82, 2.24) is 4.98 Å². The molecule has 21 heavy (non-hydrogen) atoms. The molecule has 0 spiro atoms. The highest BCUT2D eigenvalue weighted by Crippen LogP contribution is 2.31. The van der Waals surface area contributed by atoms with Gasteiger partial charge in [-0.05, 0) is 25.8 Å². The van der Waals surface area contributed by atoms with Crippen LogP contribution in [0.15, 0.2) is 12.3 Å². The Morgan fingerprint density at radius 3 is 2.81 bits per heavy atom. The van der Waals surface area contributed by atoms with E-state index < -0.39 is 11.6 Å². The molecule has 1 aliphatic rings. The molecule has 1 aliphatic carbocycles. The molecule has 3 N–H and O–H groups in total. The number of carbonyl (C=O) groups is 1. The summed E-state index contributed by atoms with van der Waals surface area (Å²) in [6.45, 7) is 2.49. The van der Waals surface area contributed by atoms with Crippen LogP contribution in [0.5, 0.6) is 0 Å². The van der Waals surface area contributed by atoms with Gasteiger partial charge < -0.3 is 20.5 Å². The predicted molar refractivity (Wildman–Crippen MR) is 81.3 cm³/mol. The fourth-order valence-electron chi connectivity index (χ4n) is 2.84. The van der Waals surface area contributed by atoms with Gasteiger partial charge in [0.15, 0.2) is 0 Å². The Kier molecular flexibility index (Phi) is 4.67. The number of hydrogen-bond donors (Lipinski definition) is 2. The van der Waals surface area contributed by atoms with E-state index in [4.69, 9.17) is 10.5 Å². The Labute approximate surface area is 124 Å². The highest BCUT2D eigenvalue weighted by molar-refractivity contribution is 5.95. The Morgan fingerprint density at radius 2 is 2.19 bits per heavy atom. The van der Waals surface area contributed by atoms with Crippen LogP contribution in [0.4, 0.5) is 11.5 Å². The van der Waals surface area contributed by atoms with E-state index in [-0.39, 0.29) is 0 Å². The fourth-order valence-corrected chi connectivity index (χ4v) is 2.84. The van der Waals surface area contributed by atoms with Crippen LogP contribution in [0, 0.1) is 0 Å². The van der Waals surface area contributed by atoms with E-state index >= 15 is 0 Å². The molecule has 6 nitrogen and oxygen atoms in total. The summed E-state index contributed by atoms with van der Waals surface area (Å²) in [6, 6.07) is 1.57. The maximum atomic E-state index is 12.0. The number of ether oxygens (including phenoxy) is 1. The van der Waals surface area contributed by atoms with Crippen LogP contribution < -0.4 is 10.6 Å². The Bertz CT molecular complexity index is 513. The van der Waals surface area contributed by atoms with Crippen LogP contribution in [0.3, 0.4) is 0 Å². The van der Waals surface area contributed by atoms with Crippen molar-refractivity contribution < 1.29 is 14.6 Å². The number of hydrogen-bond acceptors (Lipinski definition) is 6. The Hall–Kier alpha value is -1.82. The van der Waals surface area contributed by atoms with Crippen molar-refractivity contribution in [3.8, 4) is 0 Å². The second kappa shape index (κ2) is 6.30. The summed E-state index contributed by atoms with van der Waals surface area (Å²) in [6.07, 6.45) is 5.13. The van der Waals surface area contributed by atoms with Crippen LogP contribution >= 0.6 is 0 Å². The number of nitrogen functional groups attached to an aromatic ring is 1. The molecule has 2 rings (SSSR count). The predicted octanol–water partition coefficient (Wildman–Crippen LogP) is 1.58. The van der Waals surface area contributed by atoms with Crippen molar-refractivity contribution in [2.75, 3.05) is 30.8 Å². The summed E-state index contributed by atoms with van der Waals surface area (Å²) in [5.41, 5.74) is 5.75. The van der Waals surface area contributed by atoms with Crippen LogP contribution in [-0.4, -0.2) is 41.9 Å². The number of pyridine rings is 1. The lowest BCUT2D eigenvalue weighted by molar-refractivity contribution is 0.0513. The number of esters is 1. The van der Waals surface area contributed by atoms with E-state index in [9.17, 15) is 9.90 Å². The SMILES string of the molecule is CCOC(=O)c1cc(N)cnc1N(C)CC1(O)CCCC1. The summed E-state index contributed by atoms with van der Waals surface area (Å²) >= 11 is 0. The van der Waals surface area contributed by atoms with Crippen molar-refractivity contribution in [3.05, 3.63) is 17.8 Å². The van der Waals surface area contributed by atoms with Gasteiger partial charge in [0.2, 0.25) is 0 Å². The van der Waals surface area contributed by atoms with Crippen LogP contribution in [-0.2, 0) is 4.74 Å². The van der Waals surface area contributed by atoms with Gasteiger partial charge in [-0.15, -0.1) is 0 Å². The summed E-state index contributed by atoms with van der Waals surface area (Å²) in [5, 5.41) is 10.5. The number of nitrogens with zero attached hydrogens (tertiary/aromatic N) is 2. The molecule has 0 aromatic carbocycles. The highest BCUT2D eigenvalue weighted by atomic mass is 16.5. The molecule has 0 radical (unpaired) electrons. The second-order valence-electron chi connectivity index (χ2n) is 5.65. The number of likely N-dealkylation sites (N-methyl/N-ethyl adjacent to an activating group) is 1. The molecular weight excluding hydrogens is 270 g/mol. The maximum Gasteiger partial charge on any atom is 0.341 e. The number of anilines is 2. The molecule has 6 heteroatoms. The average Bonchev–Trinajstić information content (AvgIpc) is 2.85. The van der Waals surface area contributed by atoms with Gasteiger partial charge in [-0.25, -0.2) is 9.78 Å². The van der Waals surface area contributed by atoms with E-state index in [2.05, 4.69) is 4.98 Å². The summed E-state index contributed by atoms with van der Waals surface area (Å²) < 4.78 is 5.05. The minimum absolute atomic E-state index is 0.292. The first-order valence-electron chi connectivity index (χ1n) is 7.31. The van der Waals surface area contributed by atoms with Gasteiger partial charge in [0.05, 0.1) is 24.1 Å². The molecule has 1 saturated carbocycles. The van der Waals surface area contributed by atoms with Crippen LogP contribution in [0.1, 0.15) is 43.0 Å². The zero-order valence-corrected chi connectivity index (χ0v) is 12.6. The quantitative estimate of drug-likeness (QED) is 0.801. The van der Waals surface area contributed by atoms with Crippen molar-refractivity contribution in [3.63, 3.8) is 0 Å². The minimum Gasteiger partial charge on any atom is -0.462 e. The molecule has 116 valence electrons. The molecule has 1 heterocycles. The van der Waals surface area contributed by atoms with E-state index in [1.807, 2.05) is 7.05 Å². The third-order valence-corrected chi connectivity index (χ3v) is 3.81. The lowest BCUT2D eigenvalue weighted by Gasteiger charge is -2.30. The van der Waals surface area contributed by atoms with Gasteiger partial charge in [-0.2, -0.15) is 0 Å². The molecule has 0 bridgehead atoms. The van der Waals surface area contributed by atoms with Crippen LogP contribution in [0.2, 0.25) is 0 Å². The maximum absolute atomic E-state index is 12.0. The molecule has 1 aromatic rings. The normalized spacial score (nSPS) is 16.7. The van der Waals surface area contributed by atoms with Gasteiger partial charge in [-0.3, -0.25) is 0 Å². The summed E-state index contributed by atoms with van der Waals surface area (Å²) in [5.74, 6) is 0.0422. The lowest BCUT2D eigenvalue weighted by Crippen LogP contribution is -2.40. The van der Waals surface area contributed by atoms with Crippen molar-refractivity contribution in [2.24, 2.45) is 0 Å². The minimum atomic E-state index is -0.705. The van der Waals surface area contributed by atoms with Crippen molar-refractivity contribution in [1.29, 1.82) is 0 Å². The molecule has 1 fully saturated rings. The number of aliphatic hydroxyl groups is 1. The number of carbonyl (C=O) groups excluding carboxylic acids is 1. The third kappa shape index (κ3) is 3.64. The number of rotatable bonds is 5. The van der Waals surface area contributed by atoms with Gasteiger partial charge in [-0.1, -0.05) is 12.8 Å². The molecule has 0 atom stereocenters.